The molecule has 0 aliphatic heterocycles. The molecule has 0 aliphatic carbocycles. The van der Waals surface area contributed by atoms with Gasteiger partial charge in [0, 0.05) is 18.0 Å². The summed E-state index contributed by atoms with van der Waals surface area (Å²) in [4.78, 5) is 21.6. The molecule has 0 saturated heterocycles. The number of hydrogen-bond donors (Lipinski definition) is 1. The van der Waals surface area contributed by atoms with Gasteiger partial charge in [0.15, 0.2) is 0 Å². The van der Waals surface area contributed by atoms with Crippen LogP contribution in [0.25, 0.3) is 0 Å². The number of rotatable bonds is 4. The molecule has 0 aliphatic rings. The highest BCUT2D eigenvalue weighted by atomic mass is 35.5. The van der Waals surface area contributed by atoms with Crippen molar-refractivity contribution in [1.29, 1.82) is 0 Å². The van der Waals surface area contributed by atoms with Gasteiger partial charge in [-0.2, -0.15) is 0 Å². The van der Waals surface area contributed by atoms with Crippen LogP contribution in [0.15, 0.2) is 12.1 Å². The van der Waals surface area contributed by atoms with E-state index in [1.54, 1.807) is 6.92 Å². The number of carbonyl (C=O) groups excluding carboxylic acids is 1. The van der Waals surface area contributed by atoms with Crippen LogP contribution in [0.4, 0.5) is 5.00 Å². The molecule has 15 heavy (non-hydrogen) atoms. The van der Waals surface area contributed by atoms with Crippen LogP contribution in [0.5, 0.6) is 0 Å². The molecule has 0 spiro atoms. The molecule has 0 fully saturated rings. The number of amides is 1. The highest BCUT2D eigenvalue weighted by molar-refractivity contribution is 7.17. The number of carbonyl (C=O) groups is 1. The van der Waals surface area contributed by atoms with Crippen molar-refractivity contribution in [3.05, 3.63) is 27.1 Å². The molecule has 1 unspecified atom stereocenters. The maximum Gasteiger partial charge on any atom is 0.324 e. The molecule has 0 saturated carbocycles. The topological polar surface area (TPSA) is 72.2 Å². The smallest absolute Gasteiger partial charge is 0.324 e. The third kappa shape index (κ3) is 3.49. The van der Waals surface area contributed by atoms with Crippen LogP contribution >= 0.6 is 22.9 Å². The molecule has 1 rings (SSSR count). The molecule has 0 radical (unpaired) electrons. The van der Waals surface area contributed by atoms with E-state index in [1.807, 2.05) is 0 Å². The Bertz CT molecular complexity index is 378. The first kappa shape index (κ1) is 11.9. The standard InChI is InChI=1S/C8H9ClN2O3S/c1-5(9)4-10-8(12)6-2-3-7(15-6)11(13)14/h2-3,5H,4H2,1H3,(H,10,12). The lowest BCUT2D eigenvalue weighted by Crippen LogP contribution is -2.27. The van der Waals surface area contributed by atoms with Gasteiger partial charge in [-0.3, -0.25) is 14.9 Å². The minimum atomic E-state index is -0.522. The molecular formula is C8H9ClN2O3S. The Kier molecular flexibility index (Phi) is 4.05. The second-order valence-electron chi connectivity index (χ2n) is 2.89. The lowest BCUT2D eigenvalue weighted by molar-refractivity contribution is -0.380. The molecule has 1 atom stereocenters. The Hall–Kier alpha value is -1.14. The fourth-order valence-electron chi connectivity index (χ4n) is 0.868. The second kappa shape index (κ2) is 5.09. The third-order valence-corrected chi connectivity index (χ3v) is 2.73. The van der Waals surface area contributed by atoms with Crippen LogP contribution < -0.4 is 5.32 Å². The lowest BCUT2D eigenvalue weighted by Gasteiger charge is -2.03. The molecule has 7 heteroatoms. The first-order valence-electron chi connectivity index (χ1n) is 4.17. The van der Waals surface area contributed by atoms with Gasteiger partial charge in [0.25, 0.3) is 5.91 Å². The lowest BCUT2D eigenvalue weighted by atomic mass is 10.4. The Morgan fingerprint density at radius 3 is 2.87 bits per heavy atom. The Morgan fingerprint density at radius 2 is 2.40 bits per heavy atom. The minimum absolute atomic E-state index is 0.0425. The Morgan fingerprint density at radius 1 is 1.73 bits per heavy atom. The predicted molar refractivity (Wildman–Crippen MR) is 58.6 cm³/mol. The number of alkyl halides is 1. The maximum atomic E-state index is 11.4. The first-order valence-corrected chi connectivity index (χ1v) is 5.42. The zero-order valence-corrected chi connectivity index (χ0v) is 9.47. The van der Waals surface area contributed by atoms with Crippen molar-refractivity contribution in [2.75, 3.05) is 6.54 Å². The predicted octanol–water partition coefficient (Wildman–Crippen LogP) is 2.01. The van der Waals surface area contributed by atoms with Gasteiger partial charge in [-0.15, -0.1) is 11.6 Å². The zero-order valence-electron chi connectivity index (χ0n) is 7.90. The maximum absolute atomic E-state index is 11.4. The van der Waals surface area contributed by atoms with Crippen molar-refractivity contribution < 1.29 is 9.72 Å². The van der Waals surface area contributed by atoms with E-state index < -0.39 is 4.92 Å². The summed E-state index contributed by atoms with van der Waals surface area (Å²) in [6, 6.07) is 2.74. The van der Waals surface area contributed by atoms with Crippen LogP contribution in [-0.2, 0) is 0 Å². The van der Waals surface area contributed by atoms with E-state index in [0.717, 1.165) is 11.3 Å². The van der Waals surface area contributed by atoms with Crippen LogP contribution in [0.2, 0.25) is 0 Å². The van der Waals surface area contributed by atoms with E-state index in [9.17, 15) is 14.9 Å². The summed E-state index contributed by atoms with van der Waals surface area (Å²) in [6.45, 7) is 2.09. The van der Waals surface area contributed by atoms with Crippen LogP contribution in [0.3, 0.4) is 0 Å². The van der Waals surface area contributed by atoms with Crippen LogP contribution in [0.1, 0.15) is 16.6 Å². The number of halogens is 1. The average molecular weight is 249 g/mol. The van der Waals surface area contributed by atoms with Gasteiger partial charge in [-0.1, -0.05) is 11.3 Å². The van der Waals surface area contributed by atoms with Gasteiger partial charge in [0.1, 0.15) is 0 Å². The highest BCUT2D eigenvalue weighted by Gasteiger charge is 2.14. The SMILES string of the molecule is CC(Cl)CNC(=O)c1ccc([N+](=O)[O-])s1. The molecule has 1 amide bonds. The number of nitro groups is 1. The minimum Gasteiger partial charge on any atom is -0.350 e. The van der Waals surface area contributed by atoms with Crippen molar-refractivity contribution in [1.82, 2.24) is 5.32 Å². The first-order chi connectivity index (χ1) is 7.00. The molecule has 82 valence electrons. The van der Waals surface area contributed by atoms with E-state index in [0.29, 0.717) is 11.4 Å². The van der Waals surface area contributed by atoms with Crippen molar-refractivity contribution in [3.63, 3.8) is 0 Å². The van der Waals surface area contributed by atoms with Gasteiger partial charge in [0.2, 0.25) is 0 Å². The summed E-state index contributed by atoms with van der Waals surface area (Å²) < 4.78 is 0. The van der Waals surface area contributed by atoms with E-state index >= 15 is 0 Å². The monoisotopic (exact) mass is 248 g/mol. The number of thiophene rings is 1. The van der Waals surface area contributed by atoms with Gasteiger partial charge in [-0.05, 0) is 13.0 Å². The van der Waals surface area contributed by atoms with E-state index in [-0.39, 0.29) is 16.3 Å². The van der Waals surface area contributed by atoms with E-state index in [1.165, 1.54) is 12.1 Å². The van der Waals surface area contributed by atoms with Gasteiger partial charge < -0.3 is 5.32 Å². The summed E-state index contributed by atoms with van der Waals surface area (Å²) in [5.74, 6) is -0.333. The Balaban J connectivity index is 2.62. The van der Waals surface area contributed by atoms with E-state index in [2.05, 4.69) is 5.32 Å². The third-order valence-electron chi connectivity index (χ3n) is 1.54. The van der Waals surface area contributed by atoms with Gasteiger partial charge >= 0.3 is 5.00 Å². The molecule has 1 N–H and O–H groups in total. The van der Waals surface area contributed by atoms with Crippen molar-refractivity contribution in [3.8, 4) is 0 Å². The molecular weight excluding hydrogens is 240 g/mol. The van der Waals surface area contributed by atoms with Crippen LogP contribution in [0, 0.1) is 10.1 Å². The van der Waals surface area contributed by atoms with Crippen molar-refractivity contribution >= 4 is 33.8 Å². The zero-order chi connectivity index (χ0) is 11.4. The number of nitrogens with one attached hydrogen (secondary N) is 1. The van der Waals surface area contributed by atoms with Crippen molar-refractivity contribution in [2.45, 2.75) is 12.3 Å². The average Bonchev–Trinajstić information content (AvgIpc) is 2.62. The van der Waals surface area contributed by atoms with Crippen LogP contribution in [-0.4, -0.2) is 22.8 Å². The van der Waals surface area contributed by atoms with Gasteiger partial charge in [0.05, 0.1) is 9.80 Å². The molecule has 1 aromatic heterocycles. The quantitative estimate of drug-likeness (QED) is 0.503. The summed E-state index contributed by atoms with van der Waals surface area (Å²) in [6.07, 6.45) is 0. The molecule has 0 aromatic carbocycles. The van der Waals surface area contributed by atoms with Gasteiger partial charge in [-0.25, -0.2) is 0 Å². The molecule has 1 heterocycles. The largest absolute Gasteiger partial charge is 0.350 e. The molecule has 5 nitrogen and oxygen atoms in total. The Labute approximate surface area is 95.2 Å². The van der Waals surface area contributed by atoms with E-state index in [4.69, 9.17) is 11.6 Å². The second-order valence-corrected chi connectivity index (χ2v) is 4.69. The van der Waals surface area contributed by atoms with Crippen molar-refractivity contribution in [2.24, 2.45) is 0 Å². The fraction of sp³-hybridized carbons (Fsp3) is 0.375. The summed E-state index contributed by atoms with van der Waals surface area (Å²) in [5.41, 5.74) is 0. The summed E-state index contributed by atoms with van der Waals surface area (Å²) >= 11 is 6.49. The number of hydrogen-bond acceptors (Lipinski definition) is 4. The molecule has 1 aromatic rings. The highest BCUT2D eigenvalue weighted by Crippen LogP contribution is 2.23. The summed E-state index contributed by atoms with van der Waals surface area (Å²) in [5, 5.41) is 12.7. The fourth-order valence-corrected chi connectivity index (χ4v) is 1.68. The number of nitrogens with zero attached hydrogens (tertiary/aromatic N) is 1. The normalized spacial score (nSPS) is 12.1. The molecule has 0 bridgehead atoms. The summed E-state index contributed by atoms with van der Waals surface area (Å²) in [7, 11) is 0.